The molecule has 0 aliphatic rings. The minimum atomic E-state index is -0.867. The first-order valence-electron chi connectivity index (χ1n) is 4.04. The van der Waals surface area contributed by atoms with E-state index in [0.29, 0.717) is 11.3 Å². The number of aromatic nitrogens is 2. The number of aryl methyl sites for hydroxylation is 1. The van der Waals surface area contributed by atoms with E-state index < -0.39 is 11.6 Å². The first-order valence-corrected chi connectivity index (χ1v) is 4.04. The van der Waals surface area contributed by atoms with Gasteiger partial charge in [-0.05, 0) is 24.3 Å². The van der Waals surface area contributed by atoms with Gasteiger partial charge in [0.15, 0.2) is 11.6 Å². The van der Waals surface area contributed by atoms with Gasteiger partial charge in [-0.25, -0.2) is 8.78 Å². The highest BCUT2D eigenvalue weighted by Gasteiger charge is 2.06. The Bertz CT molecular complexity index is 463. The number of hydrogen-bond donors (Lipinski definition) is 0. The van der Waals surface area contributed by atoms with Gasteiger partial charge in [0.25, 0.3) is 0 Å². The lowest BCUT2D eigenvalue weighted by Gasteiger charge is -1.97. The standard InChI is InChI=1S/C10H7F2N2/c1-14-5-4-10(13-14)7-2-3-8(11)9(12)6-7/h2-4,6H,1H3. The van der Waals surface area contributed by atoms with Crippen molar-refractivity contribution in [3.63, 3.8) is 0 Å². The molecule has 0 aliphatic heterocycles. The summed E-state index contributed by atoms with van der Waals surface area (Å²) in [6, 6.07) is 5.30. The van der Waals surface area contributed by atoms with Gasteiger partial charge in [0.2, 0.25) is 0 Å². The summed E-state index contributed by atoms with van der Waals surface area (Å²) in [6.07, 6.45) is 2.79. The molecule has 0 saturated carbocycles. The van der Waals surface area contributed by atoms with Crippen LogP contribution in [0.4, 0.5) is 8.78 Å². The van der Waals surface area contributed by atoms with E-state index in [0.717, 1.165) is 12.1 Å². The van der Waals surface area contributed by atoms with E-state index in [4.69, 9.17) is 0 Å². The Labute approximate surface area is 79.8 Å². The van der Waals surface area contributed by atoms with E-state index in [9.17, 15) is 8.78 Å². The maximum Gasteiger partial charge on any atom is 0.159 e. The molecule has 2 nitrogen and oxygen atoms in total. The molecule has 1 aromatic heterocycles. The van der Waals surface area contributed by atoms with Crippen LogP contribution in [0.25, 0.3) is 11.3 Å². The summed E-state index contributed by atoms with van der Waals surface area (Å²) in [4.78, 5) is 0. The van der Waals surface area contributed by atoms with Crippen LogP contribution in [0, 0.1) is 17.8 Å². The van der Waals surface area contributed by atoms with Gasteiger partial charge >= 0.3 is 0 Å². The molecule has 1 aromatic carbocycles. The molecule has 0 bridgehead atoms. The van der Waals surface area contributed by atoms with E-state index in [-0.39, 0.29) is 0 Å². The fraction of sp³-hybridized carbons (Fsp3) is 0.100. The zero-order valence-corrected chi connectivity index (χ0v) is 7.46. The minimum Gasteiger partial charge on any atom is -0.266 e. The number of halogens is 2. The molecule has 0 saturated heterocycles. The lowest BCUT2D eigenvalue weighted by atomic mass is 10.1. The lowest BCUT2D eigenvalue weighted by molar-refractivity contribution is 0.509. The van der Waals surface area contributed by atoms with Gasteiger partial charge in [0.05, 0.1) is 11.9 Å². The molecule has 2 rings (SSSR count). The van der Waals surface area contributed by atoms with E-state index in [1.165, 1.54) is 10.7 Å². The van der Waals surface area contributed by atoms with Crippen molar-refractivity contribution in [3.05, 3.63) is 42.1 Å². The quantitative estimate of drug-likeness (QED) is 0.678. The van der Waals surface area contributed by atoms with E-state index in [1.54, 1.807) is 13.1 Å². The molecule has 0 N–H and O–H groups in total. The van der Waals surface area contributed by atoms with Crippen LogP contribution >= 0.6 is 0 Å². The Balaban J connectivity index is 2.47. The third-order valence-corrected chi connectivity index (χ3v) is 1.86. The summed E-state index contributed by atoms with van der Waals surface area (Å²) >= 11 is 0. The first-order chi connectivity index (χ1) is 6.66. The normalized spacial score (nSPS) is 10.5. The summed E-state index contributed by atoms with van der Waals surface area (Å²) in [5.41, 5.74) is 1.12. The van der Waals surface area contributed by atoms with Crippen LogP contribution in [0.3, 0.4) is 0 Å². The molecule has 14 heavy (non-hydrogen) atoms. The van der Waals surface area contributed by atoms with Crippen LogP contribution in [0.15, 0.2) is 24.3 Å². The Kier molecular flexibility index (Phi) is 2.04. The van der Waals surface area contributed by atoms with Crippen LogP contribution in [-0.4, -0.2) is 9.78 Å². The van der Waals surface area contributed by atoms with Gasteiger partial charge in [-0.15, -0.1) is 0 Å². The monoisotopic (exact) mass is 193 g/mol. The highest BCUT2D eigenvalue weighted by Crippen LogP contribution is 2.18. The lowest BCUT2D eigenvalue weighted by Crippen LogP contribution is -1.89. The van der Waals surface area contributed by atoms with Gasteiger partial charge in [-0.1, -0.05) is 0 Å². The maximum atomic E-state index is 12.9. The fourth-order valence-electron chi connectivity index (χ4n) is 1.17. The van der Waals surface area contributed by atoms with Crippen LogP contribution in [-0.2, 0) is 7.05 Å². The minimum absolute atomic E-state index is 0.542. The Morgan fingerprint density at radius 2 is 2.07 bits per heavy atom. The van der Waals surface area contributed by atoms with Gasteiger partial charge in [-0.3, -0.25) is 4.68 Å². The topological polar surface area (TPSA) is 17.8 Å². The van der Waals surface area contributed by atoms with Crippen molar-refractivity contribution in [2.24, 2.45) is 7.05 Å². The third-order valence-electron chi connectivity index (χ3n) is 1.86. The zero-order chi connectivity index (χ0) is 10.1. The third kappa shape index (κ3) is 1.51. The summed E-state index contributed by atoms with van der Waals surface area (Å²) in [6.45, 7) is 0. The smallest absolute Gasteiger partial charge is 0.159 e. The Hall–Kier alpha value is -1.71. The molecule has 0 spiro atoms. The van der Waals surface area contributed by atoms with Crippen molar-refractivity contribution >= 4 is 0 Å². The van der Waals surface area contributed by atoms with Crippen molar-refractivity contribution in [3.8, 4) is 11.3 Å². The van der Waals surface area contributed by atoms with E-state index >= 15 is 0 Å². The van der Waals surface area contributed by atoms with Crippen LogP contribution < -0.4 is 0 Å². The average molecular weight is 193 g/mol. The van der Waals surface area contributed by atoms with Gasteiger partial charge < -0.3 is 0 Å². The van der Waals surface area contributed by atoms with E-state index in [2.05, 4.69) is 11.3 Å². The predicted molar refractivity (Wildman–Crippen MR) is 47.4 cm³/mol. The van der Waals surface area contributed by atoms with Crippen LogP contribution in [0.5, 0.6) is 0 Å². The summed E-state index contributed by atoms with van der Waals surface area (Å²) in [5.74, 6) is -1.72. The second-order valence-electron chi connectivity index (χ2n) is 2.91. The van der Waals surface area contributed by atoms with Gasteiger partial charge in [0.1, 0.15) is 0 Å². The highest BCUT2D eigenvalue weighted by molar-refractivity contribution is 5.58. The second-order valence-corrected chi connectivity index (χ2v) is 2.91. The molecule has 0 unspecified atom stereocenters. The highest BCUT2D eigenvalue weighted by atomic mass is 19.2. The molecular weight excluding hydrogens is 186 g/mol. The van der Waals surface area contributed by atoms with Crippen molar-refractivity contribution in [1.29, 1.82) is 0 Å². The Morgan fingerprint density at radius 3 is 2.64 bits per heavy atom. The molecule has 0 fully saturated rings. The average Bonchev–Trinajstić information content (AvgIpc) is 2.57. The number of benzene rings is 1. The molecule has 1 heterocycles. The fourth-order valence-corrected chi connectivity index (χ4v) is 1.17. The molecular formula is C10H7F2N2. The molecule has 0 atom stereocenters. The summed E-state index contributed by atoms with van der Waals surface area (Å²) < 4.78 is 26.9. The van der Waals surface area contributed by atoms with Crippen molar-refractivity contribution in [2.75, 3.05) is 0 Å². The zero-order valence-electron chi connectivity index (χ0n) is 7.46. The van der Waals surface area contributed by atoms with Crippen molar-refractivity contribution in [2.45, 2.75) is 0 Å². The van der Waals surface area contributed by atoms with Crippen LogP contribution in [0.1, 0.15) is 0 Å². The van der Waals surface area contributed by atoms with E-state index in [1.807, 2.05) is 0 Å². The largest absolute Gasteiger partial charge is 0.266 e. The molecule has 4 heteroatoms. The Morgan fingerprint density at radius 1 is 1.29 bits per heavy atom. The molecule has 0 aliphatic carbocycles. The molecule has 71 valence electrons. The van der Waals surface area contributed by atoms with Crippen LogP contribution in [0.2, 0.25) is 0 Å². The number of nitrogens with zero attached hydrogens (tertiary/aromatic N) is 2. The molecule has 1 radical (unpaired) electrons. The maximum absolute atomic E-state index is 12.9. The SMILES string of the molecule is Cn1[c]cc(-c2ccc(F)c(F)c2)n1. The number of rotatable bonds is 1. The molecule has 0 amide bonds. The van der Waals surface area contributed by atoms with Gasteiger partial charge in [-0.2, -0.15) is 5.10 Å². The summed E-state index contributed by atoms with van der Waals surface area (Å²) in [7, 11) is 1.71. The van der Waals surface area contributed by atoms with Crippen molar-refractivity contribution in [1.82, 2.24) is 9.78 Å². The van der Waals surface area contributed by atoms with Crippen molar-refractivity contribution < 1.29 is 8.78 Å². The second kappa shape index (κ2) is 3.21. The molecule has 2 aromatic rings. The first kappa shape index (κ1) is 8.87. The summed E-state index contributed by atoms with van der Waals surface area (Å²) in [5, 5.41) is 4.02. The van der Waals surface area contributed by atoms with Gasteiger partial charge in [0, 0.05) is 12.6 Å². The number of hydrogen-bond acceptors (Lipinski definition) is 1. The predicted octanol–water partition coefficient (Wildman–Crippen LogP) is 2.17.